The Morgan fingerprint density at radius 3 is 2.44 bits per heavy atom. The molecule has 178 valence electrons. The van der Waals surface area contributed by atoms with Crippen molar-refractivity contribution < 1.29 is 14.7 Å². The number of aromatic nitrogens is 2. The smallest absolute Gasteiger partial charge is 0.326 e. The summed E-state index contributed by atoms with van der Waals surface area (Å²) in [5, 5.41) is 19.0. The largest absolute Gasteiger partial charge is 0.480 e. The van der Waals surface area contributed by atoms with Gasteiger partial charge in [-0.3, -0.25) is 4.79 Å². The SMILES string of the molecule is CC(C)CC(C(=O)O)n1c(-c2cccc(C#N)c2)nc2ccccc21.NC(=O)C1CCCCC1. The first-order valence-corrected chi connectivity index (χ1v) is 11.8. The maximum absolute atomic E-state index is 12.0. The molecule has 0 radical (unpaired) electrons. The number of imidazole rings is 1. The minimum atomic E-state index is -0.880. The molecule has 1 aromatic heterocycles. The second-order valence-electron chi connectivity index (χ2n) is 9.21. The monoisotopic (exact) mass is 460 g/mol. The van der Waals surface area contributed by atoms with Gasteiger partial charge in [-0.05, 0) is 49.4 Å². The first-order valence-electron chi connectivity index (χ1n) is 11.8. The van der Waals surface area contributed by atoms with Crippen LogP contribution in [0.2, 0.25) is 0 Å². The summed E-state index contributed by atoms with van der Waals surface area (Å²) in [6.07, 6.45) is 6.20. The highest BCUT2D eigenvalue weighted by atomic mass is 16.4. The minimum absolute atomic E-state index is 0.102. The highest BCUT2D eigenvalue weighted by molar-refractivity contribution is 5.84. The van der Waals surface area contributed by atoms with E-state index in [2.05, 4.69) is 11.1 Å². The molecule has 34 heavy (non-hydrogen) atoms. The molecule has 0 spiro atoms. The van der Waals surface area contributed by atoms with Gasteiger partial charge in [0.2, 0.25) is 5.91 Å². The van der Waals surface area contributed by atoms with Crippen molar-refractivity contribution in [2.45, 2.75) is 58.4 Å². The number of carboxylic acids is 1. The Morgan fingerprint density at radius 1 is 1.15 bits per heavy atom. The topological polar surface area (TPSA) is 122 Å². The Balaban J connectivity index is 0.000000302. The van der Waals surface area contributed by atoms with Gasteiger partial charge >= 0.3 is 5.97 Å². The van der Waals surface area contributed by atoms with E-state index in [4.69, 9.17) is 11.0 Å². The summed E-state index contributed by atoms with van der Waals surface area (Å²) in [7, 11) is 0. The summed E-state index contributed by atoms with van der Waals surface area (Å²) in [4.78, 5) is 27.2. The van der Waals surface area contributed by atoms with Gasteiger partial charge in [-0.1, -0.05) is 57.4 Å². The van der Waals surface area contributed by atoms with E-state index in [1.807, 2.05) is 44.2 Å². The van der Waals surface area contributed by atoms with Crippen molar-refractivity contribution in [3.05, 3.63) is 54.1 Å². The predicted octanol–water partition coefficient (Wildman–Crippen LogP) is 5.30. The van der Waals surface area contributed by atoms with Gasteiger partial charge < -0.3 is 15.4 Å². The molecule has 0 aliphatic heterocycles. The Hall–Kier alpha value is -3.66. The normalized spacial score (nSPS) is 14.8. The first kappa shape index (κ1) is 25.0. The Kier molecular flexibility index (Phi) is 8.42. The molecule has 1 aliphatic carbocycles. The molecule has 1 amide bonds. The number of benzene rings is 2. The van der Waals surface area contributed by atoms with E-state index in [1.54, 1.807) is 22.8 Å². The Bertz CT molecular complexity index is 1190. The number of nitrogens with two attached hydrogens (primary N) is 1. The number of carbonyl (C=O) groups is 2. The van der Waals surface area contributed by atoms with E-state index in [-0.39, 0.29) is 17.7 Å². The molecule has 1 heterocycles. The Labute approximate surface area is 200 Å². The van der Waals surface area contributed by atoms with E-state index < -0.39 is 12.0 Å². The van der Waals surface area contributed by atoms with Crippen LogP contribution in [0.1, 0.15) is 64.0 Å². The molecule has 2 aromatic carbocycles. The fourth-order valence-corrected chi connectivity index (χ4v) is 4.44. The van der Waals surface area contributed by atoms with Crippen LogP contribution in [0.4, 0.5) is 0 Å². The third-order valence-corrected chi connectivity index (χ3v) is 6.14. The highest BCUT2D eigenvalue weighted by Gasteiger charge is 2.26. The summed E-state index contributed by atoms with van der Waals surface area (Å²) in [5.41, 5.74) is 7.92. The van der Waals surface area contributed by atoms with E-state index in [9.17, 15) is 14.7 Å². The van der Waals surface area contributed by atoms with Gasteiger partial charge in [0.15, 0.2) is 0 Å². The number of nitrogens with zero attached hydrogens (tertiary/aromatic N) is 3. The molecular formula is C27H32N4O3. The molecule has 4 rings (SSSR count). The summed E-state index contributed by atoms with van der Waals surface area (Å²) >= 11 is 0. The molecule has 7 nitrogen and oxygen atoms in total. The number of primary amides is 1. The molecule has 1 unspecified atom stereocenters. The molecule has 1 fully saturated rings. The van der Waals surface area contributed by atoms with Crippen LogP contribution in [0.25, 0.3) is 22.4 Å². The lowest BCUT2D eigenvalue weighted by Crippen LogP contribution is -2.24. The number of carboxylic acid groups (broad SMARTS) is 1. The molecule has 0 bridgehead atoms. The molecule has 1 saturated carbocycles. The zero-order chi connectivity index (χ0) is 24.7. The van der Waals surface area contributed by atoms with Crippen LogP contribution in [0.3, 0.4) is 0 Å². The van der Waals surface area contributed by atoms with Crippen molar-refractivity contribution in [1.29, 1.82) is 5.26 Å². The lowest BCUT2D eigenvalue weighted by atomic mass is 9.89. The molecule has 1 atom stereocenters. The third kappa shape index (κ3) is 6.02. The van der Waals surface area contributed by atoms with Crippen LogP contribution in [0.5, 0.6) is 0 Å². The number of nitriles is 1. The van der Waals surface area contributed by atoms with Crippen molar-refractivity contribution in [1.82, 2.24) is 9.55 Å². The average molecular weight is 461 g/mol. The van der Waals surface area contributed by atoms with Crippen molar-refractivity contribution in [3.63, 3.8) is 0 Å². The standard InChI is InChI=1S/C20H19N3O2.C7H13NO/c1-13(2)10-18(20(24)25)23-17-9-4-3-8-16(17)22-19(23)15-7-5-6-14(11-15)12-21;8-7(9)6-4-2-1-3-5-6/h3-9,11,13,18H,10H2,1-2H3,(H,24,25);6H,1-5H2,(H2,8,9). The number of carbonyl (C=O) groups excluding carboxylic acids is 1. The van der Waals surface area contributed by atoms with E-state index in [1.165, 1.54) is 19.3 Å². The lowest BCUT2D eigenvalue weighted by Gasteiger charge is -2.20. The number of para-hydroxylation sites is 2. The zero-order valence-corrected chi connectivity index (χ0v) is 19.8. The average Bonchev–Trinajstić information content (AvgIpc) is 3.22. The second-order valence-corrected chi connectivity index (χ2v) is 9.21. The van der Waals surface area contributed by atoms with Crippen LogP contribution in [0, 0.1) is 23.2 Å². The second kappa shape index (κ2) is 11.5. The predicted molar refractivity (Wildman–Crippen MR) is 132 cm³/mol. The van der Waals surface area contributed by atoms with Gasteiger partial charge in [0.05, 0.1) is 22.7 Å². The van der Waals surface area contributed by atoms with E-state index in [0.717, 1.165) is 29.4 Å². The van der Waals surface area contributed by atoms with Crippen molar-refractivity contribution in [3.8, 4) is 17.5 Å². The summed E-state index contributed by atoms with van der Waals surface area (Å²) in [6, 6.07) is 16.0. The minimum Gasteiger partial charge on any atom is -0.480 e. The van der Waals surface area contributed by atoms with Crippen LogP contribution in [0.15, 0.2) is 48.5 Å². The summed E-state index contributed by atoms with van der Waals surface area (Å²) in [6.45, 7) is 4.01. The van der Waals surface area contributed by atoms with Gasteiger partial charge in [0, 0.05) is 11.5 Å². The van der Waals surface area contributed by atoms with Gasteiger partial charge in [-0.25, -0.2) is 9.78 Å². The first-order chi connectivity index (χ1) is 16.3. The number of hydrogen-bond donors (Lipinski definition) is 2. The van der Waals surface area contributed by atoms with Crippen LogP contribution >= 0.6 is 0 Å². The van der Waals surface area contributed by atoms with Crippen LogP contribution in [-0.2, 0) is 9.59 Å². The lowest BCUT2D eigenvalue weighted by molar-refractivity contribution is -0.141. The fourth-order valence-electron chi connectivity index (χ4n) is 4.44. The van der Waals surface area contributed by atoms with Gasteiger partial charge in [0.1, 0.15) is 11.9 Å². The number of fused-ring (bicyclic) bond motifs is 1. The summed E-state index contributed by atoms with van der Waals surface area (Å²) in [5.74, 6) is 0.00916. The van der Waals surface area contributed by atoms with Crippen molar-refractivity contribution >= 4 is 22.9 Å². The number of aliphatic carboxylic acids is 1. The van der Waals surface area contributed by atoms with Crippen molar-refractivity contribution in [2.75, 3.05) is 0 Å². The quantitative estimate of drug-likeness (QED) is 0.517. The molecular weight excluding hydrogens is 428 g/mol. The maximum Gasteiger partial charge on any atom is 0.326 e. The number of rotatable bonds is 6. The van der Waals surface area contributed by atoms with Crippen molar-refractivity contribution in [2.24, 2.45) is 17.6 Å². The molecule has 3 aromatic rings. The number of amides is 1. The Morgan fingerprint density at radius 2 is 1.85 bits per heavy atom. The van der Waals surface area contributed by atoms with E-state index in [0.29, 0.717) is 17.8 Å². The van der Waals surface area contributed by atoms with E-state index >= 15 is 0 Å². The zero-order valence-electron chi connectivity index (χ0n) is 19.8. The van der Waals surface area contributed by atoms with Crippen LogP contribution in [-0.4, -0.2) is 26.5 Å². The summed E-state index contributed by atoms with van der Waals surface area (Å²) < 4.78 is 1.79. The fraction of sp³-hybridized carbons (Fsp3) is 0.407. The van der Waals surface area contributed by atoms with Crippen LogP contribution < -0.4 is 5.73 Å². The molecule has 0 saturated heterocycles. The molecule has 1 aliphatic rings. The maximum atomic E-state index is 12.0. The van der Waals surface area contributed by atoms with Gasteiger partial charge in [-0.2, -0.15) is 5.26 Å². The molecule has 3 N–H and O–H groups in total. The van der Waals surface area contributed by atoms with Gasteiger partial charge in [-0.15, -0.1) is 0 Å². The molecule has 7 heteroatoms. The number of hydrogen-bond acceptors (Lipinski definition) is 4. The van der Waals surface area contributed by atoms with Gasteiger partial charge in [0.25, 0.3) is 0 Å². The highest BCUT2D eigenvalue weighted by Crippen LogP contribution is 2.32. The third-order valence-electron chi connectivity index (χ3n) is 6.14.